The fraction of sp³-hybridized carbons (Fsp3) is 0.480. The van der Waals surface area contributed by atoms with Gasteiger partial charge in [-0.15, -0.1) is 0 Å². The number of nitro groups is 1. The van der Waals surface area contributed by atoms with Gasteiger partial charge in [-0.05, 0) is 52.2 Å². The number of hydrogen-bond acceptors (Lipinski definition) is 5. The highest BCUT2D eigenvalue weighted by Gasteiger charge is 2.20. The highest BCUT2D eigenvalue weighted by molar-refractivity contribution is 5.89. The minimum atomic E-state index is -0.504. The Kier molecular flexibility index (Phi) is 9.50. The lowest BCUT2D eigenvalue weighted by molar-refractivity contribution is -0.384. The number of aromatic nitrogens is 1. The summed E-state index contributed by atoms with van der Waals surface area (Å²) >= 11 is 0. The van der Waals surface area contributed by atoms with Crippen LogP contribution >= 0.6 is 0 Å². The number of unbranched alkanes of at least 4 members (excludes halogenated alkanes) is 3. The van der Waals surface area contributed by atoms with E-state index >= 15 is 0 Å². The van der Waals surface area contributed by atoms with Crippen LogP contribution in [-0.2, 0) is 6.54 Å². The molecule has 7 nitrogen and oxygen atoms in total. The van der Waals surface area contributed by atoms with E-state index < -0.39 is 10.5 Å². The molecule has 2 rings (SSSR count). The molecular weight excluding hydrogens is 408 g/mol. The number of pyridine rings is 1. The first-order valence-corrected chi connectivity index (χ1v) is 11.2. The summed E-state index contributed by atoms with van der Waals surface area (Å²) in [4.78, 5) is 23.9. The van der Waals surface area contributed by atoms with Crippen molar-refractivity contribution >= 4 is 16.6 Å². The summed E-state index contributed by atoms with van der Waals surface area (Å²) < 4.78 is 7.20. The van der Waals surface area contributed by atoms with Crippen molar-refractivity contribution in [3.63, 3.8) is 0 Å². The first-order valence-electron chi connectivity index (χ1n) is 11.2. The van der Waals surface area contributed by atoms with E-state index in [0.29, 0.717) is 17.4 Å². The fourth-order valence-corrected chi connectivity index (χ4v) is 3.52. The number of nitrogens with zero attached hydrogens (tertiary/aromatic N) is 2. The van der Waals surface area contributed by atoms with E-state index in [-0.39, 0.29) is 23.8 Å². The number of rotatable bonds is 12. The Labute approximate surface area is 189 Å². The van der Waals surface area contributed by atoms with E-state index in [2.05, 4.69) is 26.8 Å². The normalized spacial score (nSPS) is 11.6. The summed E-state index contributed by atoms with van der Waals surface area (Å²) in [7, 11) is 0. The average molecular weight is 443 g/mol. The molecule has 0 radical (unpaired) electrons. The van der Waals surface area contributed by atoms with Crippen molar-refractivity contribution in [2.24, 2.45) is 0 Å². The Hall–Kier alpha value is -3.09. The van der Waals surface area contributed by atoms with E-state index in [4.69, 9.17) is 4.74 Å². The largest absolute Gasteiger partial charge is 0.504 e. The molecule has 0 atom stereocenters. The zero-order valence-electron chi connectivity index (χ0n) is 19.5. The van der Waals surface area contributed by atoms with E-state index in [1.807, 2.05) is 13.0 Å². The number of ether oxygens (including phenoxy) is 1. The molecule has 0 aliphatic heterocycles. The van der Waals surface area contributed by atoms with Crippen LogP contribution in [0.1, 0.15) is 66.2 Å². The number of aromatic hydroxyl groups is 1. The molecule has 32 heavy (non-hydrogen) atoms. The maximum absolute atomic E-state index is 13.2. The second-order valence-corrected chi connectivity index (χ2v) is 8.34. The average Bonchev–Trinajstić information content (AvgIpc) is 2.74. The predicted octanol–water partition coefficient (Wildman–Crippen LogP) is 6.27. The zero-order valence-corrected chi connectivity index (χ0v) is 19.5. The van der Waals surface area contributed by atoms with Gasteiger partial charge in [-0.3, -0.25) is 14.9 Å². The molecular formula is C25H34N2O5. The molecule has 0 unspecified atom stereocenters. The quantitative estimate of drug-likeness (QED) is 0.181. The van der Waals surface area contributed by atoms with Gasteiger partial charge in [-0.1, -0.05) is 43.4 Å². The molecule has 2 aromatic rings. The fourth-order valence-electron chi connectivity index (χ4n) is 3.52. The first kappa shape index (κ1) is 25.2. The molecule has 1 N–H and O–H groups in total. The van der Waals surface area contributed by atoms with Crippen molar-refractivity contribution < 1.29 is 14.8 Å². The van der Waals surface area contributed by atoms with Gasteiger partial charge in [0.2, 0.25) is 5.75 Å². The molecule has 0 amide bonds. The molecule has 0 aliphatic rings. The Bertz CT molecular complexity index is 1060. The van der Waals surface area contributed by atoms with Gasteiger partial charge in [0, 0.05) is 24.1 Å². The van der Waals surface area contributed by atoms with Gasteiger partial charge in [0.25, 0.3) is 11.2 Å². The van der Waals surface area contributed by atoms with Crippen molar-refractivity contribution in [2.45, 2.75) is 72.8 Å². The Morgan fingerprint density at radius 3 is 2.59 bits per heavy atom. The highest BCUT2D eigenvalue weighted by atomic mass is 16.6. The number of aryl methyl sites for hydroxylation is 1. The van der Waals surface area contributed by atoms with Gasteiger partial charge in [0.15, 0.2) is 5.75 Å². The van der Waals surface area contributed by atoms with Crippen LogP contribution in [0, 0.1) is 10.1 Å². The van der Waals surface area contributed by atoms with Gasteiger partial charge in [0.05, 0.1) is 10.4 Å². The van der Waals surface area contributed by atoms with Crippen LogP contribution in [0.3, 0.4) is 0 Å². The monoisotopic (exact) mass is 442 g/mol. The predicted molar refractivity (Wildman–Crippen MR) is 129 cm³/mol. The smallest absolute Gasteiger partial charge is 0.297 e. The number of hydrogen-bond donors (Lipinski definition) is 1. The van der Waals surface area contributed by atoms with E-state index in [9.17, 15) is 20.0 Å². The second kappa shape index (κ2) is 12.1. The zero-order chi connectivity index (χ0) is 23.7. The molecule has 1 heterocycles. The second-order valence-electron chi connectivity index (χ2n) is 8.34. The summed E-state index contributed by atoms with van der Waals surface area (Å²) in [5, 5.41) is 22.3. The topological polar surface area (TPSA) is 94.6 Å². The Morgan fingerprint density at radius 1 is 1.19 bits per heavy atom. The molecule has 0 fully saturated rings. The number of benzene rings is 1. The summed E-state index contributed by atoms with van der Waals surface area (Å²) in [5.74, 6) is -0.393. The van der Waals surface area contributed by atoms with Gasteiger partial charge in [-0.2, -0.15) is 0 Å². The molecule has 0 spiro atoms. The van der Waals surface area contributed by atoms with Crippen LogP contribution in [0.5, 0.6) is 11.5 Å². The third kappa shape index (κ3) is 6.70. The lowest BCUT2D eigenvalue weighted by atomic mass is 10.1. The van der Waals surface area contributed by atoms with Crippen molar-refractivity contribution in [1.82, 2.24) is 4.57 Å². The molecule has 0 bridgehead atoms. The van der Waals surface area contributed by atoms with Gasteiger partial charge < -0.3 is 14.4 Å². The number of nitro benzene ring substituents is 1. The van der Waals surface area contributed by atoms with Crippen LogP contribution in [0.2, 0.25) is 0 Å². The number of non-ortho nitro benzene ring substituents is 1. The SMILES string of the molecule is CCCCCCn1c(=O)c(OCC=C(C)CCC=C(C)C)c(O)c2ccc([N+](=O)[O-])cc21. The van der Waals surface area contributed by atoms with Crippen molar-refractivity contribution in [3.8, 4) is 11.5 Å². The minimum Gasteiger partial charge on any atom is -0.504 e. The van der Waals surface area contributed by atoms with Crippen LogP contribution in [0.25, 0.3) is 10.9 Å². The Balaban J connectivity index is 2.36. The summed E-state index contributed by atoms with van der Waals surface area (Å²) in [6.45, 7) is 8.81. The molecule has 1 aromatic carbocycles. The van der Waals surface area contributed by atoms with E-state index in [0.717, 1.165) is 44.1 Å². The summed E-state index contributed by atoms with van der Waals surface area (Å²) in [6, 6.07) is 4.14. The number of fused-ring (bicyclic) bond motifs is 1. The van der Waals surface area contributed by atoms with Gasteiger partial charge in [0.1, 0.15) is 6.61 Å². The van der Waals surface area contributed by atoms with Crippen molar-refractivity contribution in [2.75, 3.05) is 6.61 Å². The number of allylic oxidation sites excluding steroid dienone is 3. The van der Waals surface area contributed by atoms with Crippen molar-refractivity contribution in [3.05, 3.63) is 62.0 Å². The molecule has 174 valence electrons. The first-order chi connectivity index (χ1) is 15.3. The maximum atomic E-state index is 13.2. The molecule has 7 heteroatoms. The maximum Gasteiger partial charge on any atom is 0.297 e. The van der Waals surface area contributed by atoms with E-state index in [1.165, 1.54) is 28.3 Å². The summed E-state index contributed by atoms with van der Waals surface area (Å²) in [5.41, 5.74) is 2.16. The molecule has 0 saturated carbocycles. The molecule has 0 saturated heterocycles. The van der Waals surface area contributed by atoms with Crippen molar-refractivity contribution in [1.29, 1.82) is 0 Å². The van der Waals surface area contributed by atoms with Gasteiger partial charge >= 0.3 is 0 Å². The molecule has 1 aromatic heterocycles. The van der Waals surface area contributed by atoms with Gasteiger partial charge in [-0.25, -0.2) is 0 Å². The molecule has 0 aliphatic carbocycles. The minimum absolute atomic E-state index is 0.116. The Morgan fingerprint density at radius 2 is 1.94 bits per heavy atom. The van der Waals surface area contributed by atoms with E-state index in [1.54, 1.807) is 0 Å². The lowest BCUT2D eigenvalue weighted by Gasteiger charge is -2.15. The van der Waals surface area contributed by atoms with Crippen LogP contribution in [0.4, 0.5) is 5.69 Å². The van der Waals surface area contributed by atoms with Crippen LogP contribution in [-0.4, -0.2) is 21.2 Å². The third-order valence-electron chi connectivity index (χ3n) is 5.38. The highest BCUT2D eigenvalue weighted by Crippen LogP contribution is 2.33. The van der Waals surface area contributed by atoms with Crippen LogP contribution < -0.4 is 10.3 Å². The third-order valence-corrected chi connectivity index (χ3v) is 5.38. The lowest BCUT2D eigenvalue weighted by Crippen LogP contribution is -2.23. The summed E-state index contributed by atoms with van der Waals surface area (Å²) in [6.07, 6.45) is 9.73. The standard InChI is InChI=1S/C25H34N2O5/c1-5-6-7-8-15-26-22-17-20(27(30)31)12-13-21(22)23(28)24(25(26)29)32-16-14-19(4)11-9-10-18(2)3/h10,12-14,17,28H,5-9,11,15-16H2,1-4H3. The van der Waals surface area contributed by atoms with Crippen LogP contribution in [0.15, 0.2) is 46.3 Å².